The third-order valence-electron chi connectivity index (χ3n) is 5.04. The Hall–Kier alpha value is -0.570. The summed E-state index contributed by atoms with van der Waals surface area (Å²) in [6.07, 6.45) is 10.1. The van der Waals surface area contributed by atoms with Gasteiger partial charge in [-0.25, -0.2) is 0 Å². The fourth-order valence-corrected chi connectivity index (χ4v) is 3.76. The van der Waals surface area contributed by atoms with Gasteiger partial charge in [-0.2, -0.15) is 0 Å². The largest absolute Gasteiger partial charge is 0.352 e. The average Bonchev–Trinajstić information content (AvgIpc) is 2.46. The summed E-state index contributed by atoms with van der Waals surface area (Å²) in [7, 11) is 0. The lowest BCUT2D eigenvalue weighted by Crippen LogP contribution is -2.54. The summed E-state index contributed by atoms with van der Waals surface area (Å²) in [5, 5.41) is 6.72. The molecule has 19 heavy (non-hydrogen) atoms. The Kier molecular flexibility index (Phi) is 5.68. The van der Waals surface area contributed by atoms with Crippen molar-refractivity contribution >= 4 is 5.91 Å². The molecule has 2 rings (SSSR count). The van der Waals surface area contributed by atoms with Crippen LogP contribution in [0.25, 0.3) is 0 Å². The van der Waals surface area contributed by atoms with E-state index >= 15 is 0 Å². The Balaban J connectivity index is 1.87. The van der Waals surface area contributed by atoms with Crippen LogP contribution in [0.2, 0.25) is 0 Å². The summed E-state index contributed by atoms with van der Waals surface area (Å²) in [5.74, 6) is 1.42. The van der Waals surface area contributed by atoms with Gasteiger partial charge in [0.2, 0.25) is 5.91 Å². The minimum absolute atomic E-state index is 0.0337. The lowest BCUT2D eigenvalue weighted by Gasteiger charge is -2.34. The molecule has 1 aliphatic heterocycles. The van der Waals surface area contributed by atoms with Crippen LogP contribution in [-0.4, -0.2) is 24.5 Å². The maximum absolute atomic E-state index is 12.4. The van der Waals surface area contributed by atoms with Gasteiger partial charge in [-0.1, -0.05) is 33.1 Å². The first-order valence-corrected chi connectivity index (χ1v) is 8.26. The van der Waals surface area contributed by atoms with Crippen LogP contribution in [0.4, 0.5) is 0 Å². The van der Waals surface area contributed by atoms with Crippen molar-refractivity contribution in [1.29, 1.82) is 0 Å². The normalized spacial score (nSPS) is 30.8. The second-order valence-electron chi connectivity index (χ2n) is 6.47. The Bertz CT molecular complexity index is 286. The fraction of sp³-hybridized carbons (Fsp3) is 0.938. The Labute approximate surface area is 117 Å². The number of hydrogen-bond donors (Lipinski definition) is 2. The summed E-state index contributed by atoms with van der Waals surface area (Å²) in [6, 6.07) is 0.426. The van der Waals surface area contributed by atoms with E-state index in [1.165, 1.54) is 44.9 Å². The summed E-state index contributed by atoms with van der Waals surface area (Å²) in [4.78, 5) is 12.4. The second kappa shape index (κ2) is 7.28. The van der Waals surface area contributed by atoms with Crippen LogP contribution in [-0.2, 0) is 4.79 Å². The standard InChI is InChI=1S/C16H30N2O/c1-3-14(13-9-5-4-6-10-13)18-16(19)15-12(2)8-7-11-17-15/h12-15,17H,3-11H2,1-2H3,(H,18,19). The maximum Gasteiger partial charge on any atom is 0.237 e. The molecule has 1 aliphatic carbocycles. The number of carbonyl (C=O) groups excluding carboxylic acids is 1. The van der Waals surface area contributed by atoms with Gasteiger partial charge in [0.1, 0.15) is 0 Å². The van der Waals surface area contributed by atoms with Crippen molar-refractivity contribution in [3.63, 3.8) is 0 Å². The number of carbonyl (C=O) groups is 1. The van der Waals surface area contributed by atoms with Gasteiger partial charge >= 0.3 is 0 Å². The molecule has 0 aromatic heterocycles. The van der Waals surface area contributed by atoms with Crippen LogP contribution in [0.15, 0.2) is 0 Å². The van der Waals surface area contributed by atoms with Gasteiger partial charge in [0.25, 0.3) is 0 Å². The first-order valence-electron chi connectivity index (χ1n) is 8.26. The van der Waals surface area contributed by atoms with E-state index in [0.29, 0.717) is 17.9 Å². The monoisotopic (exact) mass is 266 g/mol. The summed E-state index contributed by atoms with van der Waals surface area (Å²) in [5.41, 5.74) is 0. The topological polar surface area (TPSA) is 41.1 Å². The molecule has 3 nitrogen and oxygen atoms in total. The van der Waals surface area contributed by atoms with Crippen LogP contribution in [0.1, 0.15) is 65.2 Å². The van der Waals surface area contributed by atoms with E-state index in [9.17, 15) is 4.79 Å². The number of amides is 1. The first kappa shape index (κ1) is 14.8. The Morgan fingerprint density at radius 3 is 2.58 bits per heavy atom. The third kappa shape index (κ3) is 3.95. The zero-order chi connectivity index (χ0) is 13.7. The SMILES string of the molecule is CCC(NC(=O)C1NCCCC1C)C1CCCCC1. The minimum atomic E-state index is 0.0337. The molecular formula is C16H30N2O. The average molecular weight is 266 g/mol. The van der Waals surface area contributed by atoms with E-state index in [1.807, 2.05) is 0 Å². The molecule has 1 amide bonds. The van der Waals surface area contributed by atoms with Crippen molar-refractivity contribution in [3.8, 4) is 0 Å². The molecule has 1 heterocycles. The van der Waals surface area contributed by atoms with Crippen LogP contribution >= 0.6 is 0 Å². The molecule has 0 spiro atoms. The number of nitrogens with one attached hydrogen (secondary N) is 2. The molecule has 2 fully saturated rings. The van der Waals surface area contributed by atoms with Gasteiger partial charge in [-0.15, -0.1) is 0 Å². The summed E-state index contributed by atoms with van der Waals surface area (Å²) < 4.78 is 0. The molecule has 2 aliphatic rings. The molecule has 3 atom stereocenters. The predicted molar refractivity (Wildman–Crippen MR) is 79.0 cm³/mol. The lowest BCUT2D eigenvalue weighted by molar-refractivity contribution is -0.126. The highest BCUT2D eigenvalue weighted by Gasteiger charge is 2.30. The molecule has 110 valence electrons. The van der Waals surface area contributed by atoms with Crippen molar-refractivity contribution in [2.24, 2.45) is 11.8 Å². The first-order chi connectivity index (χ1) is 9.22. The molecular weight excluding hydrogens is 236 g/mol. The fourth-order valence-electron chi connectivity index (χ4n) is 3.76. The molecule has 3 unspecified atom stereocenters. The van der Waals surface area contributed by atoms with Crippen molar-refractivity contribution < 1.29 is 4.79 Å². The quantitative estimate of drug-likeness (QED) is 0.821. The highest BCUT2D eigenvalue weighted by Crippen LogP contribution is 2.28. The molecule has 0 aromatic rings. The van der Waals surface area contributed by atoms with Gasteiger partial charge in [0.15, 0.2) is 0 Å². The Morgan fingerprint density at radius 2 is 1.95 bits per heavy atom. The van der Waals surface area contributed by atoms with Crippen molar-refractivity contribution in [2.45, 2.75) is 77.3 Å². The number of rotatable bonds is 4. The number of piperidine rings is 1. The molecule has 0 bridgehead atoms. The van der Waals surface area contributed by atoms with Gasteiger partial charge in [-0.3, -0.25) is 4.79 Å². The van der Waals surface area contributed by atoms with E-state index in [-0.39, 0.29) is 11.9 Å². The van der Waals surface area contributed by atoms with E-state index in [1.54, 1.807) is 0 Å². The van der Waals surface area contributed by atoms with Crippen LogP contribution in [0.5, 0.6) is 0 Å². The second-order valence-corrected chi connectivity index (χ2v) is 6.47. The van der Waals surface area contributed by atoms with Crippen molar-refractivity contribution in [3.05, 3.63) is 0 Å². The molecule has 0 aromatic carbocycles. The van der Waals surface area contributed by atoms with E-state index in [0.717, 1.165) is 13.0 Å². The molecule has 1 saturated carbocycles. The van der Waals surface area contributed by atoms with E-state index in [4.69, 9.17) is 0 Å². The lowest BCUT2D eigenvalue weighted by atomic mass is 9.82. The van der Waals surface area contributed by atoms with Gasteiger partial charge < -0.3 is 10.6 Å². The third-order valence-corrected chi connectivity index (χ3v) is 5.04. The molecule has 2 N–H and O–H groups in total. The van der Waals surface area contributed by atoms with Crippen molar-refractivity contribution in [1.82, 2.24) is 10.6 Å². The van der Waals surface area contributed by atoms with Crippen molar-refractivity contribution in [2.75, 3.05) is 6.54 Å². The van der Waals surface area contributed by atoms with Gasteiger partial charge in [0, 0.05) is 6.04 Å². The molecule has 3 heteroatoms. The minimum Gasteiger partial charge on any atom is -0.352 e. The Morgan fingerprint density at radius 1 is 1.21 bits per heavy atom. The maximum atomic E-state index is 12.4. The van der Waals surface area contributed by atoms with Gasteiger partial charge in [0.05, 0.1) is 6.04 Å². The van der Waals surface area contributed by atoms with E-state index in [2.05, 4.69) is 24.5 Å². The highest BCUT2D eigenvalue weighted by atomic mass is 16.2. The molecule has 1 saturated heterocycles. The smallest absolute Gasteiger partial charge is 0.237 e. The number of hydrogen-bond acceptors (Lipinski definition) is 2. The zero-order valence-electron chi connectivity index (χ0n) is 12.6. The van der Waals surface area contributed by atoms with Crippen LogP contribution < -0.4 is 10.6 Å². The summed E-state index contributed by atoms with van der Waals surface area (Å²) >= 11 is 0. The predicted octanol–water partition coefficient (Wildman–Crippen LogP) is 2.85. The van der Waals surface area contributed by atoms with Crippen LogP contribution in [0, 0.1) is 11.8 Å². The molecule has 0 radical (unpaired) electrons. The zero-order valence-corrected chi connectivity index (χ0v) is 12.6. The van der Waals surface area contributed by atoms with E-state index < -0.39 is 0 Å². The van der Waals surface area contributed by atoms with Crippen LogP contribution in [0.3, 0.4) is 0 Å². The highest BCUT2D eigenvalue weighted by molar-refractivity contribution is 5.82. The summed E-state index contributed by atoms with van der Waals surface area (Å²) in [6.45, 7) is 5.39. The van der Waals surface area contributed by atoms with Gasteiger partial charge in [-0.05, 0) is 50.5 Å².